The number of halogens is 1. The molecule has 1 atom stereocenters. The zero-order valence-corrected chi connectivity index (χ0v) is 19.1. The highest BCUT2D eigenvalue weighted by Gasteiger charge is 2.14. The van der Waals surface area contributed by atoms with E-state index >= 15 is 0 Å². The summed E-state index contributed by atoms with van der Waals surface area (Å²) in [5, 5.41) is 2.79. The molecule has 5 nitrogen and oxygen atoms in total. The van der Waals surface area contributed by atoms with Crippen LogP contribution >= 0.6 is 15.9 Å². The molecule has 2 rings (SSSR count). The Morgan fingerprint density at radius 2 is 1.83 bits per heavy atom. The van der Waals surface area contributed by atoms with Crippen molar-refractivity contribution in [1.82, 2.24) is 4.90 Å². The van der Waals surface area contributed by atoms with E-state index in [1.165, 1.54) is 5.56 Å². The molecule has 0 aromatic heterocycles. The molecule has 1 unspecified atom stereocenters. The number of nitrogens with one attached hydrogen (secondary N) is 1. The van der Waals surface area contributed by atoms with Crippen molar-refractivity contribution in [2.24, 2.45) is 0 Å². The largest absolute Gasteiger partial charge is 0.483 e. The van der Waals surface area contributed by atoms with Crippen LogP contribution in [-0.4, -0.2) is 36.4 Å². The second-order valence-corrected chi connectivity index (χ2v) is 7.75. The summed E-state index contributed by atoms with van der Waals surface area (Å²) in [5.41, 5.74) is 2.35. The number of carbonyl (C=O) groups excluding carboxylic acids is 2. The van der Waals surface area contributed by atoms with Crippen molar-refractivity contribution >= 4 is 33.4 Å². The van der Waals surface area contributed by atoms with E-state index in [-0.39, 0.29) is 18.4 Å². The molecule has 2 amide bonds. The fraction of sp³-hybridized carbons (Fsp3) is 0.391. The molecule has 2 aromatic carbocycles. The van der Waals surface area contributed by atoms with E-state index in [4.69, 9.17) is 4.74 Å². The minimum Gasteiger partial charge on any atom is -0.483 e. The summed E-state index contributed by atoms with van der Waals surface area (Å²) in [7, 11) is 0. The van der Waals surface area contributed by atoms with Crippen LogP contribution in [0.15, 0.2) is 46.9 Å². The van der Waals surface area contributed by atoms with Crippen LogP contribution in [0.3, 0.4) is 0 Å². The Kier molecular flexibility index (Phi) is 8.70. The van der Waals surface area contributed by atoms with E-state index < -0.39 is 0 Å². The second-order valence-electron chi connectivity index (χ2n) is 6.89. The number of amides is 2. The first-order valence-corrected chi connectivity index (χ1v) is 10.8. The normalized spacial score (nSPS) is 11.6. The first-order valence-electron chi connectivity index (χ1n) is 10.0. The predicted molar refractivity (Wildman–Crippen MR) is 121 cm³/mol. The van der Waals surface area contributed by atoms with Gasteiger partial charge in [-0.15, -0.1) is 0 Å². The van der Waals surface area contributed by atoms with E-state index in [0.29, 0.717) is 36.0 Å². The highest BCUT2D eigenvalue weighted by atomic mass is 79.9. The van der Waals surface area contributed by atoms with Crippen molar-refractivity contribution in [2.45, 2.75) is 40.0 Å². The molecular formula is C23H29BrN2O3. The number of hydrogen-bond acceptors (Lipinski definition) is 3. The van der Waals surface area contributed by atoms with E-state index in [1.54, 1.807) is 29.2 Å². The van der Waals surface area contributed by atoms with Crippen molar-refractivity contribution in [3.05, 3.63) is 58.1 Å². The van der Waals surface area contributed by atoms with Crippen molar-refractivity contribution in [1.29, 1.82) is 0 Å². The van der Waals surface area contributed by atoms with Gasteiger partial charge in [0.1, 0.15) is 5.75 Å². The Bertz CT molecular complexity index is 850. The maximum Gasteiger partial charge on any atom is 0.262 e. The number of ether oxygens (including phenoxy) is 1. The molecular weight excluding hydrogens is 432 g/mol. The molecule has 0 aliphatic carbocycles. The fourth-order valence-electron chi connectivity index (χ4n) is 2.94. The summed E-state index contributed by atoms with van der Waals surface area (Å²) >= 11 is 3.52. The Labute approximate surface area is 181 Å². The van der Waals surface area contributed by atoms with Crippen LogP contribution in [0.4, 0.5) is 5.69 Å². The van der Waals surface area contributed by atoms with Gasteiger partial charge in [0.2, 0.25) is 0 Å². The minimum atomic E-state index is -0.282. The highest BCUT2D eigenvalue weighted by molar-refractivity contribution is 9.10. The van der Waals surface area contributed by atoms with Gasteiger partial charge in [-0.3, -0.25) is 9.59 Å². The maximum atomic E-state index is 12.5. The molecule has 6 heteroatoms. The number of anilines is 1. The molecule has 0 saturated carbocycles. The number of rotatable bonds is 9. The van der Waals surface area contributed by atoms with Crippen molar-refractivity contribution < 1.29 is 14.3 Å². The summed E-state index contributed by atoms with van der Waals surface area (Å²) in [4.78, 5) is 26.5. The van der Waals surface area contributed by atoms with Gasteiger partial charge in [0.15, 0.2) is 6.61 Å². The summed E-state index contributed by atoms with van der Waals surface area (Å²) in [6, 6.07) is 12.9. The van der Waals surface area contributed by atoms with Gasteiger partial charge < -0.3 is 15.0 Å². The van der Waals surface area contributed by atoms with Crippen LogP contribution in [0, 0.1) is 0 Å². The van der Waals surface area contributed by atoms with E-state index in [1.807, 2.05) is 32.0 Å². The molecule has 0 radical (unpaired) electrons. The first-order chi connectivity index (χ1) is 13.9. The van der Waals surface area contributed by atoms with Gasteiger partial charge in [-0.2, -0.15) is 0 Å². The Balaban J connectivity index is 1.98. The molecule has 0 saturated heterocycles. The van der Waals surface area contributed by atoms with Crippen molar-refractivity contribution in [3.8, 4) is 5.75 Å². The topological polar surface area (TPSA) is 58.6 Å². The molecule has 0 aliphatic rings. The van der Waals surface area contributed by atoms with Crippen LogP contribution in [0.25, 0.3) is 0 Å². The quantitative estimate of drug-likeness (QED) is 0.540. The number of carbonyl (C=O) groups is 2. The minimum absolute atomic E-state index is 0.0484. The van der Waals surface area contributed by atoms with Crippen molar-refractivity contribution in [3.63, 3.8) is 0 Å². The smallest absolute Gasteiger partial charge is 0.262 e. The number of hydrogen-bond donors (Lipinski definition) is 1. The van der Waals surface area contributed by atoms with E-state index in [2.05, 4.69) is 35.1 Å². The highest BCUT2D eigenvalue weighted by Crippen LogP contribution is 2.30. The zero-order valence-electron chi connectivity index (χ0n) is 17.5. The third-order valence-corrected chi connectivity index (χ3v) is 5.56. The Morgan fingerprint density at radius 3 is 2.45 bits per heavy atom. The van der Waals surface area contributed by atoms with Gasteiger partial charge in [0.05, 0.1) is 4.47 Å². The summed E-state index contributed by atoms with van der Waals surface area (Å²) in [6.07, 6.45) is 1.06. The van der Waals surface area contributed by atoms with E-state index in [0.717, 1.165) is 10.9 Å². The standard InChI is InChI=1S/C23H29BrN2O3/c1-5-16(4)17-11-12-21(20(24)14-17)29-15-22(27)25-19-10-8-9-18(13-19)23(28)26(6-2)7-3/h8-14,16H,5-7,15H2,1-4H3,(H,25,27). The lowest BCUT2D eigenvalue weighted by Gasteiger charge is -2.19. The Morgan fingerprint density at radius 1 is 1.10 bits per heavy atom. The van der Waals surface area contributed by atoms with Crippen LogP contribution in [0.2, 0.25) is 0 Å². The number of nitrogens with zero attached hydrogens (tertiary/aromatic N) is 1. The van der Waals surface area contributed by atoms with Gasteiger partial charge in [0.25, 0.3) is 11.8 Å². The van der Waals surface area contributed by atoms with Crippen LogP contribution in [0.1, 0.15) is 56.0 Å². The zero-order chi connectivity index (χ0) is 21.4. The van der Waals surface area contributed by atoms with Gasteiger partial charge in [-0.1, -0.05) is 26.0 Å². The average Bonchev–Trinajstić information content (AvgIpc) is 2.73. The molecule has 0 spiro atoms. The average molecular weight is 461 g/mol. The van der Waals surface area contributed by atoms with Gasteiger partial charge in [-0.25, -0.2) is 0 Å². The lowest BCUT2D eigenvalue weighted by molar-refractivity contribution is -0.118. The Hall–Kier alpha value is -2.34. The SMILES string of the molecule is CCC(C)c1ccc(OCC(=O)Nc2cccc(C(=O)N(CC)CC)c2)c(Br)c1. The van der Waals surface area contributed by atoms with Crippen LogP contribution < -0.4 is 10.1 Å². The molecule has 0 fully saturated rings. The summed E-state index contributed by atoms with van der Waals surface area (Å²) in [5.74, 6) is 0.760. The molecule has 0 bridgehead atoms. The summed E-state index contributed by atoms with van der Waals surface area (Å²) in [6.45, 7) is 9.38. The lowest BCUT2D eigenvalue weighted by Crippen LogP contribution is -2.30. The van der Waals surface area contributed by atoms with Gasteiger partial charge >= 0.3 is 0 Å². The van der Waals surface area contributed by atoms with Crippen molar-refractivity contribution in [2.75, 3.05) is 25.0 Å². The molecule has 1 N–H and O–H groups in total. The van der Waals surface area contributed by atoms with Crippen LogP contribution in [0.5, 0.6) is 5.75 Å². The lowest BCUT2D eigenvalue weighted by atomic mass is 9.99. The van der Waals surface area contributed by atoms with Gasteiger partial charge in [-0.05, 0) is 78.0 Å². The van der Waals surface area contributed by atoms with Crippen LogP contribution in [-0.2, 0) is 4.79 Å². The molecule has 2 aromatic rings. The molecule has 0 heterocycles. The molecule has 0 aliphatic heterocycles. The monoisotopic (exact) mass is 460 g/mol. The van der Waals surface area contributed by atoms with Gasteiger partial charge in [0, 0.05) is 24.3 Å². The predicted octanol–water partition coefficient (Wildman–Crippen LogP) is 5.46. The second kappa shape index (κ2) is 11.0. The third kappa shape index (κ3) is 6.32. The van der Waals surface area contributed by atoms with E-state index in [9.17, 15) is 9.59 Å². The first kappa shape index (κ1) is 22.9. The molecule has 156 valence electrons. The third-order valence-electron chi connectivity index (χ3n) is 4.94. The summed E-state index contributed by atoms with van der Waals surface area (Å²) < 4.78 is 6.48. The fourth-order valence-corrected chi connectivity index (χ4v) is 3.45. The maximum absolute atomic E-state index is 12.5. The number of benzene rings is 2. The molecule has 29 heavy (non-hydrogen) atoms.